The highest BCUT2D eigenvalue weighted by atomic mass is 32.1. The van der Waals surface area contributed by atoms with Gasteiger partial charge in [0.05, 0.1) is 21.8 Å². The fourth-order valence-corrected chi connectivity index (χ4v) is 3.36. The van der Waals surface area contributed by atoms with Gasteiger partial charge in [-0.25, -0.2) is 4.98 Å². The lowest BCUT2D eigenvalue weighted by molar-refractivity contribution is 0.341. The maximum absolute atomic E-state index is 6.27. The molecule has 1 heterocycles. The highest BCUT2D eigenvalue weighted by Crippen LogP contribution is 2.28. The number of rotatable bonds is 5. The lowest BCUT2D eigenvalue weighted by Gasteiger charge is -2.09. The second-order valence-electron chi connectivity index (χ2n) is 4.89. The lowest BCUT2D eigenvalue weighted by atomic mass is 10.1. The fourth-order valence-electron chi connectivity index (χ4n) is 2.30. The Kier molecular flexibility index (Phi) is 4.18. The highest BCUT2D eigenvalue weighted by molar-refractivity contribution is 7.18. The molecule has 21 heavy (non-hydrogen) atoms. The number of aromatic nitrogens is 1. The van der Waals surface area contributed by atoms with Gasteiger partial charge in [-0.2, -0.15) is 0 Å². The molecule has 2 aromatic carbocycles. The van der Waals surface area contributed by atoms with Crippen molar-refractivity contribution in [2.24, 2.45) is 5.73 Å². The minimum absolute atomic E-state index is 0.0156. The van der Waals surface area contributed by atoms with Crippen LogP contribution in [-0.4, -0.2) is 11.6 Å². The molecule has 0 amide bonds. The molecule has 3 aromatic rings. The Labute approximate surface area is 128 Å². The van der Waals surface area contributed by atoms with Crippen LogP contribution in [0.4, 0.5) is 0 Å². The Morgan fingerprint density at radius 1 is 1.19 bits per heavy atom. The maximum Gasteiger partial charge on any atom is 0.120 e. The first-order chi connectivity index (χ1) is 10.3. The standard InChI is InChI=1S/C17H18N2OS/c1-2-20-13-8-9-15-16(10-13)21-17(19-15)11-14(18)12-6-4-3-5-7-12/h3-10,14H,2,11,18H2,1H3. The van der Waals surface area contributed by atoms with Crippen molar-refractivity contribution in [3.8, 4) is 5.75 Å². The van der Waals surface area contributed by atoms with Gasteiger partial charge in [0.1, 0.15) is 5.75 Å². The smallest absolute Gasteiger partial charge is 0.120 e. The molecule has 3 rings (SSSR count). The zero-order valence-electron chi connectivity index (χ0n) is 12.0. The predicted molar refractivity (Wildman–Crippen MR) is 87.9 cm³/mol. The Bertz CT molecular complexity index is 724. The van der Waals surface area contributed by atoms with E-state index >= 15 is 0 Å². The number of fused-ring (bicyclic) bond motifs is 1. The number of nitrogens with zero attached hydrogens (tertiary/aromatic N) is 1. The average molecular weight is 298 g/mol. The highest BCUT2D eigenvalue weighted by Gasteiger charge is 2.11. The fraction of sp³-hybridized carbons (Fsp3) is 0.235. The molecule has 1 unspecified atom stereocenters. The molecule has 2 N–H and O–H groups in total. The Hall–Kier alpha value is -1.91. The van der Waals surface area contributed by atoms with Crippen LogP contribution in [0.15, 0.2) is 48.5 Å². The molecule has 0 saturated heterocycles. The summed E-state index contributed by atoms with van der Waals surface area (Å²) < 4.78 is 6.68. The van der Waals surface area contributed by atoms with Crippen molar-refractivity contribution >= 4 is 21.6 Å². The zero-order valence-corrected chi connectivity index (χ0v) is 12.8. The van der Waals surface area contributed by atoms with E-state index in [9.17, 15) is 0 Å². The van der Waals surface area contributed by atoms with Gasteiger partial charge in [-0.15, -0.1) is 11.3 Å². The Morgan fingerprint density at radius 2 is 2.00 bits per heavy atom. The molecule has 108 valence electrons. The van der Waals surface area contributed by atoms with Gasteiger partial charge in [-0.05, 0) is 30.7 Å². The van der Waals surface area contributed by atoms with E-state index in [-0.39, 0.29) is 6.04 Å². The minimum Gasteiger partial charge on any atom is -0.494 e. The van der Waals surface area contributed by atoms with Crippen LogP contribution in [0.25, 0.3) is 10.2 Å². The summed E-state index contributed by atoms with van der Waals surface area (Å²) in [6, 6.07) is 16.2. The molecule has 0 aliphatic rings. The van der Waals surface area contributed by atoms with Crippen LogP contribution in [0.3, 0.4) is 0 Å². The molecule has 0 saturated carbocycles. The molecule has 0 bridgehead atoms. The summed E-state index contributed by atoms with van der Waals surface area (Å²) in [7, 11) is 0. The monoisotopic (exact) mass is 298 g/mol. The van der Waals surface area contributed by atoms with Crippen LogP contribution < -0.4 is 10.5 Å². The van der Waals surface area contributed by atoms with Crippen molar-refractivity contribution in [2.45, 2.75) is 19.4 Å². The van der Waals surface area contributed by atoms with Crippen LogP contribution in [0.1, 0.15) is 23.5 Å². The number of hydrogen-bond acceptors (Lipinski definition) is 4. The van der Waals surface area contributed by atoms with Crippen LogP contribution in [0.2, 0.25) is 0 Å². The van der Waals surface area contributed by atoms with E-state index in [4.69, 9.17) is 10.5 Å². The quantitative estimate of drug-likeness (QED) is 0.776. The van der Waals surface area contributed by atoms with Gasteiger partial charge in [0.2, 0.25) is 0 Å². The van der Waals surface area contributed by atoms with Crippen LogP contribution >= 0.6 is 11.3 Å². The SMILES string of the molecule is CCOc1ccc2nc(CC(N)c3ccccc3)sc2c1. The third kappa shape index (κ3) is 3.23. The van der Waals surface area contributed by atoms with Gasteiger partial charge < -0.3 is 10.5 Å². The minimum atomic E-state index is -0.0156. The third-order valence-corrected chi connectivity index (χ3v) is 4.38. The van der Waals surface area contributed by atoms with E-state index < -0.39 is 0 Å². The molecular weight excluding hydrogens is 280 g/mol. The molecule has 0 spiro atoms. The van der Waals surface area contributed by atoms with Gasteiger partial charge in [-0.3, -0.25) is 0 Å². The third-order valence-electron chi connectivity index (χ3n) is 3.34. The van der Waals surface area contributed by atoms with E-state index in [0.717, 1.165) is 33.0 Å². The van der Waals surface area contributed by atoms with Crippen molar-refractivity contribution in [3.63, 3.8) is 0 Å². The topological polar surface area (TPSA) is 48.1 Å². The van der Waals surface area contributed by atoms with Crippen molar-refractivity contribution in [3.05, 3.63) is 59.1 Å². The average Bonchev–Trinajstić information content (AvgIpc) is 2.90. The molecule has 0 aliphatic carbocycles. The molecule has 1 atom stereocenters. The van der Waals surface area contributed by atoms with Gasteiger partial charge in [-0.1, -0.05) is 30.3 Å². The first-order valence-electron chi connectivity index (χ1n) is 7.09. The lowest BCUT2D eigenvalue weighted by Crippen LogP contribution is -2.12. The van der Waals surface area contributed by atoms with Crippen molar-refractivity contribution in [1.82, 2.24) is 4.98 Å². The molecule has 4 heteroatoms. The number of ether oxygens (including phenoxy) is 1. The zero-order chi connectivity index (χ0) is 14.7. The van der Waals surface area contributed by atoms with E-state index in [0.29, 0.717) is 6.61 Å². The summed E-state index contributed by atoms with van der Waals surface area (Å²) in [5, 5.41) is 1.06. The van der Waals surface area contributed by atoms with Crippen molar-refractivity contribution in [1.29, 1.82) is 0 Å². The molecular formula is C17H18N2OS. The molecule has 3 nitrogen and oxygen atoms in total. The second kappa shape index (κ2) is 6.24. The summed E-state index contributed by atoms with van der Waals surface area (Å²) in [6.07, 6.45) is 0.757. The van der Waals surface area contributed by atoms with E-state index in [1.165, 1.54) is 0 Å². The van der Waals surface area contributed by atoms with Crippen LogP contribution in [0, 0.1) is 0 Å². The van der Waals surface area contributed by atoms with Gasteiger partial charge in [0.25, 0.3) is 0 Å². The molecule has 0 aliphatic heterocycles. The van der Waals surface area contributed by atoms with Gasteiger partial charge in [0.15, 0.2) is 0 Å². The first kappa shape index (κ1) is 14.0. The Morgan fingerprint density at radius 3 is 2.76 bits per heavy atom. The summed E-state index contributed by atoms with van der Waals surface area (Å²) in [4.78, 5) is 4.66. The molecule has 0 fully saturated rings. The largest absolute Gasteiger partial charge is 0.494 e. The normalized spacial score (nSPS) is 12.5. The van der Waals surface area contributed by atoms with Crippen LogP contribution in [-0.2, 0) is 6.42 Å². The van der Waals surface area contributed by atoms with E-state index in [1.54, 1.807) is 11.3 Å². The van der Waals surface area contributed by atoms with E-state index in [2.05, 4.69) is 17.1 Å². The first-order valence-corrected chi connectivity index (χ1v) is 7.90. The summed E-state index contributed by atoms with van der Waals surface area (Å²) in [5.41, 5.74) is 8.43. The Balaban J connectivity index is 1.81. The van der Waals surface area contributed by atoms with Crippen molar-refractivity contribution in [2.75, 3.05) is 6.61 Å². The number of thiazole rings is 1. The molecule has 1 aromatic heterocycles. The van der Waals surface area contributed by atoms with Gasteiger partial charge in [0, 0.05) is 12.5 Å². The van der Waals surface area contributed by atoms with E-state index in [1.807, 2.05) is 43.3 Å². The summed E-state index contributed by atoms with van der Waals surface area (Å²) in [6.45, 7) is 2.66. The number of nitrogens with two attached hydrogens (primary N) is 1. The maximum atomic E-state index is 6.27. The number of hydrogen-bond donors (Lipinski definition) is 1. The second-order valence-corrected chi connectivity index (χ2v) is 6.01. The number of benzene rings is 2. The predicted octanol–water partition coefficient (Wildman–Crippen LogP) is 3.94. The summed E-state index contributed by atoms with van der Waals surface area (Å²) >= 11 is 1.69. The van der Waals surface area contributed by atoms with Gasteiger partial charge >= 0.3 is 0 Å². The molecule has 0 radical (unpaired) electrons. The van der Waals surface area contributed by atoms with Crippen molar-refractivity contribution < 1.29 is 4.74 Å². The summed E-state index contributed by atoms with van der Waals surface area (Å²) in [5.74, 6) is 0.896. The van der Waals surface area contributed by atoms with Crippen LogP contribution in [0.5, 0.6) is 5.75 Å².